The monoisotopic (exact) mass is 318 g/mol. The number of hydrogen-bond acceptors (Lipinski definition) is 8. The Kier molecular flexibility index (Phi) is 3.79. The molecule has 0 fully saturated rings. The zero-order chi connectivity index (χ0) is 15.5. The zero-order valence-electron chi connectivity index (χ0n) is 12.0. The third-order valence-electron chi connectivity index (χ3n) is 2.87. The SMILES string of the molecule is COc1ccc(Nc2nc(N)n(-c3nccs3)n2)cc1OC. The van der Waals surface area contributed by atoms with Gasteiger partial charge in [0.15, 0.2) is 11.5 Å². The molecule has 0 aliphatic rings. The molecule has 0 atom stereocenters. The first-order valence-corrected chi connectivity index (χ1v) is 7.20. The van der Waals surface area contributed by atoms with Crippen LogP contribution in [-0.2, 0) is 0 Å². The number of nitrogens with two attached hydrogens (primary N) is 1. The number of rotatable bonds is 5. The minimum absolute atomic E-state index is 0.262. The number of hydrogen-bond donors (Lipinski definition) is 2. The molecule has 2 aromatic heterocycles. The van der Waals surface area contributed by atoms with Gasteiger partial charge >= 0.3 is 0 Å². The lowest BCUT2D eigenvalue weighted by atomic mass is 10.3. The predicted molar refractivity (Wildman–Crippen MR) is 84.3 cm³/mol. The average molecular weight is 318 g/mol. The van der Waals surface area contributed by atoms with Gasteiger partial charge in [0, 0.05) is 23.3 Å². The van der Waals surface area contributed by atoms with Gasteiger partial charge in [-0.2, -0.15) is 9.67 Å². The van der Waals surface area contributed by atoms with Crippen molar-refractivity contribution in [3.8, 4) is 16.6 Å². The molecule has 0 unspecified atom stereocenters. The molecule has 9 heteroatoms. The summed E-state index contributed by atoms with van der Waals surface area (Å²) in [4.78, 5) is 8.33. The first-order valence-electron chi connectivity index (χ1n) is 6.32. The molecular formula is C13H14N6O2S. The topological polar surface area (TPSA) is 100 Å². The number of nitrogens with zero attached hydrogens (tertiary/aromatic N) is 4. The molecule has 3 aromatic rings. The smallest absolute Gasteiger partial charge is 0.248 e. The highest BCUT2D eigenvalue weighted by molar-refractivity contribution is 7.12. The normalized spacial score (nSPS) is 10.5. The molecule has 0 saturated heterocycles. The van der Waals surface area contributed by atoms with Gasteiger partial charge in [0.2, 0.25) is 17.0 Å². The van der Waals surface area contributed by atoms with Gasteiger partial charge in [-0.1, -0.05) is 0 Å². The zero-order valence-corrected chi connectivity index (χ0v) is 12.8. The van der Waals surface area contributed by atoms with E-state index in [4.69, 9.17) is 15.2 Å². The Labute approximate surface area is 130 Å². The van der Waals surface area contributed by atoms with Gasteiger partial charge in [0.25, 0.3) is 0 Å². The second kappa shape index (κ2) is 5.90. The minimum Gasteiger partial charge on any atom is -0.493 e. The number of anilines is 3. The Morgan fingerprint density at radius 3 is 2.73 bits per heavy atom. The summed E-state index contributed by atoms with van der Waals surface area (Å²) in [6.45, 7) is 0. The highest BCUT2D eigenvalue weighted by atomic mass is 32.1. The van der Waals surface area contributed by atoms with Crippen molar-refractivity contribution < 1.29 is 9.47 Å². The van der Waals surface area contributed by atoms with E-state index < -0.39 is 0 Å². The maximum absolute atomic E-state index is 5.86. The van der Waals surface area contributed by atoms with Crippen molar-refractivity contribution in [1.29, 1.82) is 0 Å². The van der Waals surface area contributed by atoms with Crippen LogP contribution in [-0.4, -0.2) is 34.0 Å². The van der Waals surface area contributed by atoms with Gasteiger partial charge in [-0.25, -0.2) is 4.98 Å². The number of methoxy groups -OCH3 is 2. The van der Waals surface area contributed by atoms with Gasteiger partial charge in [0.05, 0.1) is 14.2 Å². The lowest BCUT2D eigenvalue weighted by Gasteiger charge is -2.09. The van der Waals surface area contributed by atoms with E-state index in [1.165, 1.54) is 16.0 Å². The van der Waals surface area contributed by atoms with E-state index in [2.05, 4.69) is 20.4 Å². The second-order valence-electron chi connectivity index (χ2n) is 4.21. The van der Waals surface area contributed by atoms with Crippen molar-refractivity contribution in [1.82, 2.24) is 19.7 Å². The largest absolute Gasteiger partial charge is 0.493 e. The Balaban J connectivity index is 1.86. The number of nitrogens with one attached hydrogen (secondary N) is 1. The summed E-state index contributed by atoms with van der Waals surface area (Å²) < 4.78 is 11.9. The first kappa shape index (κ1) is 14.1. The summed E-state index contributed by atoms with van der Waals surface area (Å²) in [6.07, 6.45) is 1.68. The third kappa shape index (κ3) is 2.66. The van der Waals surface area contributed by atoms with Crippen LogP contribution in [0.15, 0.2) is 29.8 Å². The fraction of sp³-hybridized carbons (Fsp3) is 0.154. The molecular weight excluding hydrogens is 304 g/mol. The molecule has 0 aliphatic carbocycles. The maximum atomic E-state index is 5.86. The Morgan fingerprint density at radius 1 is 1.23 bits per heavy atom. The van der Waals surface area contributed by atoms with Crippen molar-refractivity contribution in [2.24, 2.45) is 0 Å². The molecule has 3 rings (SSSR count). The van der Waals surface area contributed by atoms with Gasteiger partial charge in [-0.3, -0.25) is 0 Å². The molecule has 3 N–H and O–H groups in total. The lowest BCUT2D eigenvalue weighted by molar-refractivity contribution is 0.355. The standard InChI is InChI=1S/C13H14N6O2S/c1-20-9-4-3-8(7-10(9)21-2)16-12-17-11(14)19(18-12)13-15-5-6-22-13/h3-7H,1-2H3,(H3,14,16,17,18). The molecule has 2 heterocycles. The molecule has 0 saturated carbocycles. The summed E-state index contributed by atoms with van der Waals surface area (Å²) in [5, 5.41) is 9.87. The van der Waals surface area contributed by atoms with Crippen molar-refractivity contribution in [2.45, 2.75) is 0 Å². The molecule has 114 valence electrons. The highest BCUT2D eigenvalue weighted by Gasteiger charge is 2.12. The molecule has 0 aliphatic heterocycles. The minimum atomic E-state index is 0.262. The summed E-state index contributed by atoms with van der Waals surface area (Å²) in [5.74, 6) is 1.89. The van der Waals surface area contributed by atoms with Crippen LogP contribution in [0.2, 0.25) is 0 Å². The Bertz CT molecular complexity index is 771. The summed E-state index contributed by atoms with van der Waals surface area (Å²) in [5.41, 5.74) is 6.62. The van der Waals surface area contributed by atoms with E-state index in [9.17, 15) is 0 Å². The third-order valence-corrected chi connectivity index (χ3v) is 3.62. The van der Waals surface area contributed by atoms with Crippen molar-refractivity contribution in [3.05, 3.63) is 29.8 Å². The highest BCUT2D eigenvalue weighted by Crippen LogP contribution is 2.30. The predicted octanol–water partition coefficient (Wildman–Crippen LogP) is 2.07. The van der Waals surface area contributed by atoms with Crippen LogP contribution in [0.4, 0.5) is 17.6 Å². The Hall–Kier alpha value is -2.81. The number of benzene rings is 1. The van der Waals surface area contributed by atoms with Crippen LogP contribution in [0, 0.1) is 0 Å². The molecule has 0 radical (unpaired) electrons. The van der Waals surface area contributed by atoms with Gasteiger partial charge in [0.1, 0.15) is 0 Å². The fourth-order valence-electron chi connectivity index (χ4n) is 1.88. The quantitative estimate of drug-likeness (QED) is 0.742. The van der Waals surface area contributed by atoms with E-state index in [1.807, 2.05) is 11.4 Å². The molecule has 22 heavy (non-hydrogen) atoms. The summed E-state index contributed by atoms with van der Waals surface area (Å²) in [6, 6.07) is 5.42. The first-order chi connectivity index (χ1) is 10.7. The van der Waals surface area contributed by atoms with Gasteiger partial charge in [-0.05, 0) is 12.1 Å². The van der Waals surface area contributed by atoms with E-state index in [1.54, 1.807) is 32.5 Å². The molecule has 0 bridgehead atoms. The second-order valence-corrected chi connectivity index (χ2v) is 5.09. The van der Waals surface area contributed by atoms with Crippen LogP contribution in [0.3, 0.4) is 0 Å². The van der Waals surface area contributed by atoms with Crippen LogP contribution < -0.4 is 20.5 Å². The van der Waals surface area contributed by atoms with Crippen molar-refractivity contribution in [2.75, 3.05) is 25.3 Å². The van der Waals surface area contributed by atoms with Crippen LogP contribution in [0.1, 0.15) is 0 Å². The molecule has 0 amide bonds. The number of nitrogen functional groups attached to an aromatic ring is 1. The van der Waals surface area contributed by atoms with Crippen LogP contribution in [0.25, 0.3) is 5.13 Å². The van der Waals surface area contributed by atoms with Gasteiger partial charge < -0.3 is 20.5 Å². The van der Waals surface area contributed by atoms with Crippen molar-refractivity contribution >= 4 is 28.9 Å². The van der Waals surface area contributed by atoms with Gasteiger partial charge in [-0.15, -0.1) is 16.4 Å². The molecule has 8 nitrogen and oxygen atoms in total. The Morgan fingerprint density at radius 2 is 2.05 bits per heavy atom. The lowest BCUT2D eigenvalue weighted by Crippen LogP contribution is -2.01. The molecule has 1 aromatic carbocycles. The fourth-order valence-corrected chi connectivity index (χ4v) is 2.48. The van der Waals surface area contributed by atoms with Crippen LogP contribution >= 0.6 is 11.3 Å². The van der Waals surface area contributed by atoms with E-state index in [0.29, 0.717) is 22.6 Å². The van der Waals surface area contributed by atoms with E-state index in [0.717, 1.165) is 5.69 Å². The van der Waals surface area contributed by atoms with E-state index in [-0.39, 0.29) is 5.95 Å². The summed E-state index contributed by atoms with van der Waals surface area (Å²) in [7, 11) is 3.16. The summed E-state index contributed by atoms with van der Waals surface area (Å²) >= 11 is 1.43. The van der Waals surface area contributed by atoms with E-state index >= 15 is 0 Å². The number of aromatic nitrogens is 4. The number of thiazole rings is 1. The average Bonchev–Trinajstić information content (AvgIpc) is 3.16. The van der Waals surface area contributed by atoms with Crippen LogP contribution in [0.5, 0.6) is 11.5 Å². The maximum Gasteiger partial charge on any atom is 0.248 e. The van der Waals surface area contributed by atoms with Crippen molar-refractivity contribution in [3.63, 3.8) is 0 Å². The number of ether oxygens (including phenoxy) is 2. The molecule has 0 spiro atoms.